The van der Waals surface area contributed by atoms with Crippen LogP contribution in [0.25, 0.3) is 0 Å². The first-order valence-electron chi connectivity index (χ1n) is 10.3. The maximum Gasteiger partial charge on any atom is 0.171 e. The van der Waals surface area contributed by atoms with E-state index in [1.54, 1.807) is 18.3 Å². The van der Waals surface area contributed by atoms with Crippen molar-refractivity contribution in [3.8, 4) is 17.9 Å². The first kappa shape index (κ1) is 22.8. The number of nitrogens with zero attached hydrogens (tertiary/aromatic N) is 5. The number of hydrogen-bond acceptors (Lipinski definition) is 7. The SMILES string of the molecule is N#CCCN(CCC#N)c1ccc(CN2CCOC(COc3cccnc3Cl)C2)cc1. The molecule has 0 N–H and O–H groups in total. The number of benzene rings is 1. The lowest BCUT2D eigenvalue weighted by atomic mass is 10.1. The van der Waals surface area contributed by atoms with Crippen LogP contribution >= 0.6 is 11.6 Å². The average molecular weight is 440 g/mol. The van der Waals surface area contributed by atoms with E-state index >= 15 is 0 Å². The molecule has 8 heteroatoms. The van der Waals surface area contributed by atoms with Gasteiger partial charge in [-0.25, -0.2) is 4.98 Å². The minimum atomic E-state index is -0.0308. The molecule has 3 rings (SSSR count). The van der Waals surface area contributed by atoms with E-state index in [9.17, 15) is 0 Å². The summed E-state index contributed by atoms with van der Waals surface area (Å²) in [6.45, 7) is 4.80. The third-order valence-electron chi connectivity index (χ3n) is 5.07. The number of ether oxygens (including phenoxy) is 2. The highest BCUT2D eigenvalue weighted by Crippen LogP contribution is 2.22. The summed E-state index contributed by atoms with van der Waals surface area (Å²) in [4.78, 5) is 8.45. The van der Waals surface area contributed by atoms with Crippen molar-refractivity contribution in [3.63, 3.8) is 0 Å². The van der Waals surface area contributed by atoms with Crippen molar-refractivity contribution in [2.24, 2.45) is 0 Å². The first-order chi connectivity index (χ1) is 15.2. The largest absolute Gasteiger partial charge is 0.488 e. The Balaban J connectivity index is 1.52. The Kier molecular flexibility index (Phi) is 8.93. The van der Waals surface area contributed by atoms with E-state index in [1.807, 2.05) is 0 Å². The van der Waals surface area contributed by atoms with Crippen molar-refractivity contribution < 1.29 is 9.47 Å². The molecule has 0 saturated carbocycles. The minimum Gasteiger partial charge on any atom is -0.488 e. The monoisotopic (exact) mass is 439 g/mol. The highest BCUT2D eigenvalue weighted by atomic mass is 35.5. The standard InChI is InChI=1S/C23H26ClN5O2/c24-23-22(4-1-11-27-23)31-18-21-17-28(14-15-30-21)16-19-5-7-20(8-6-19)29(12-2-9-25)13-3-10-26/h1,4-8,11,21H,2-3,12-18H2. The van der Waals surface area contributed by atoms with Crippen LogP contribution in [0, 0.1) is 22.7 Å². The Bertz CT molecular complexity index is 891. The zero-order valence-corrected chi connectivity index (χ0v) is 18.2. The van der Waals surface area contributed by atoms with Crippen molar-refractivity contribution in [2.45, 2.75) is 25.5 Å². The Morgan fingerprint density at radius 2 is 1.90 bits per heavy atom. The van der Waals surface area contributed by atoms with Crippen LogP contribution in [0.4, 0.5) is 5.69 Å². The van der Waals surface area contributed by atoms with Crippen LogP contribution in [-0.4, -0.2) is 55.4 Å². The molecule has 31 heavy (non-hydrogen) atoms. The molecular weight excluding hydrogens is 414 g/mol. The predicted molar refractivity (Wildman–Crippen MR) is 119 cm³/mol. The fourth-order valence-corrected chi connectivity index (χ4v) is 3.67. The third kappa shape index (κ3) is 7.11. The maximum atomic E-state index is 8.88. The maximum absolute atomic E-state index is 8.88. The molecule has 0 radical (unpaired) electrons. The van der Waals surface area contributed by atoms with Crippen molar-refractivity contribution in [3.05, 3.63) is 53.3 Å². The fourth-order valence-electron chi connectivity index (χ4n) is 3.50. The summed E-state index contributed by atoms with van der Waals surface area (Å²) in [5, 5.41) is 18.1. The number of nitriles is 2. The fraction of sp³-hybridized carbons (Fsp3) is 0.435. The van der Waals surface area contributed by atoms with Gasteiger partial charge in [-0.3, -0.25) is 4.90 Å². The molecule has 1 atom stereocenters. The molecule has 0 aliphatic carbocycles. The average Bonchev–Trinajstić information content (AvgIpc) is 2.80. The van der Waals surface area contributed by atoms with Crippen molar-refractivity contribution in [1.82, 2.24) is 9.88 Å². The Morgan fingerprint density at radius 1 is 1.16 bits per heavy atom. The lowest BCUT2D eigenvalue weighted by Gasteiger charge is -2.33. The van der Waals surface area contributed by atoms with Gasteiger partial charge in [0.05, 0.1) is 31.6 Å². The van der Waals surface area contributed by atoms with Gasteiger partial charge in [0.2, 0.25) is 0 Å². The molecule has 1 unspecified atom stereocenters. The Hall–Kier alpha value is -2.84. The number of aromatic nitrogens is 1. The Morgan fingerprint density at radius 3 is 2.58 bits per heavy atom. The summed E-state index contributed by atoms with van der Waals surface area (Å²) < 4.78 is 11.6. The van der Waals surface area contributed by atoms with Gasteiger partial charge in [0.25, 0.3) is 0 Å². The molecule has 1 aliphatic heterocycles. The molecule has 162 valence electrons. The molecule has 7 nitrogen and oxygen atoms in total. The zero-order valence-electron chi connectivity index (χ0n) is 17.4. The van der Waals surface area contributed by atoms with Gasteiger partial charge in [0, 0.05) is 44.6 Å². The summed E-state index contributed by atoms with van der Waals surface area (Å²) in [5.41, 5.74) is 2.25. The van der Waals surface area contributed by atoms with Crippen LogP contribution in [0.15, 0.2) is 42.6 Å². The molecule has 0 bridgehead atoms. The van der Waals surface area contributed by atoms with E-state index in [-0.39, 0.29) is 6.10 Å². The van der Waals surface area contributed by atoms with Crippen LogP contribution in [0.1, 0.15) is 18.4 Å². The minimum absolute atomic E-state index is 0.0308. The van der Waals surface area contributed by atoms with Crippen molar-refractivity contribution in [1.29, 1.82) is 10.5 Å². The van der Waals surface area contributed by atoms with Gasteiger partial charge in [-0.05, 0) is 29.8 Å². The smallest absolute Gasteiger partial charge is 0.171 e. The molecule has 1 saturated heterocycles. The third-order valence-corrected chi connectivity index (χ3v) is 5.35. The van der Waals surface area contributed by atoms with Crippen LogP contribution < -0.4 is 9.64 Å². The molecule has 1 aromatic heterocycles. The number of anilines is 1. The van der Waals surface area contributed by atoms with Gasteiger partial charge in [-0.1, -0.05) is 23.7 Å². The number of rotatable bonds is 10. The van der Waals surface area contributed by atoms with E-state index in [4.69, 9.17) is 31.6 Å². The summed E-state index contributed by atoms with van der Waals surface area (Å²) in [6.07, 6.45) is 2.48. The van der Waals surface area contributed by atoms with E-state index in [1.165, 1.54) is 5.56 Å². The van der Waals surface area contributed by atoms with Crippen LogP contribution in [-0.2, 0) is 11.3 Å². The lowest BCUT2D eigenvalue weighted by Crippen LogP contribution is -2.44. The van der Waals surface area contributed by atoms with Gasteiger partial charge in [-0.15, -0.1) is 0 Å². The normalized spacial score (nSPS) is 16.3. The lowest BCUT2D eigenvalue weighted by molar-refractivity contribution is -0.0504. The van der Waals surface area contributed by atoms with E-state index < -0.39 is 0 Å². The summed E-state index contributed by atoms with van der Waals surface area (Å²) in [6, 6.07) is 16.3. The summed E-state index contributed by atoms with van der Waals surface area (Å²) in [7, 11) is 0. The molecule has 2 aromatic rings. The Labute approximate surface area is 188 Å². The molecule has 1 fully saturated rings. The van der Waals surface area contributed by atoms with E-state index in [0.717, 1.165) is 25.3 Å². The van der Waals surface area contributed by atoms with Crippen molar-refractivity contribution >= 4 is 17.3 Å². The summed E-state index contributed by atoms with van der Waals surface area (Å²) >= 11 is 6.05. The van der Waals surface area contributed by atoms with Gasteiger partial charge >= 0.3 is 0 Å². The molecular formula is C23H26ClN5O2. The molecule has 1 aliphatic rings. The topological polar surface area (TPSA) is 85.4 Å². The van der Waals surface area contributed by atoms with Crippen LogP contribution in [0.5, 0.6) is 5.75 Å². The number of halogens is 1. The number of pyridine rings is 1. The van der Waals surface area contributed by atoms with Gasteiger partial charge in [-0.2, -0.15) is 10.5 Å². The number of morpholine rings is 1. The highest BCUT2D eigenvalue weighted by molar-refractivity contribution is 6.30. The zero-order chi connectivity index (χ0) is 21.9. The second-order valence-corrected chi connectivity index (χ2v) is 7.66. The van der Waals surface area contributed by atoms with E-state index in [2.05, 4.69) is 51.2 Å². The van der Waals surface area contributed by atoms with Gasteiger partial charge in [0.15, 0.2) is 10.9 Å². The van der Waals surface area contributed by atoms with E-state index in [0.29, 0.717) is 50.0 Å². The molecule has 0 spiro atoms. The van der Waals surface area contributed by atoms with Gasteiger partial charge < -0.3 is 14.4 Å². The summed E-state index contributed by atoms with van der Waals surface area (Å²) in [5.74, 6) is 0.567. The number of hydrogen-bond donors (Lipinski definition) is 0. The van der Waals surface area contributed by atoms with Crippen LogP contribution in [0.2, 0.25) is 5.15 Å². The molecule has 0 amide bonds. The predicted octanol–water partition coefficient (Wildman–Crippen LogP) is 3.65. The second-order valence-electron chi connectivity index (χ2n) is 7.30. The molecule has 1 aromatic carbocycles. The van der Waals surface area contributed by atoms with Crippen molar-refractivity contribution in [2.75, 3.05) is 44.3 Å². The first-order valence-corrected chi connectivity index (χ1v) is 10.7. The quantitative estimate of drug-likeness (QED) is 0.522. The molecule has 2 heterocycles. The van der Waals surface area contributed by atoms with Crippen LogP contribution in [0.3, 0.4) is 0 Å². The second kappa shape index (κ2) is 12.1. The highest BCUT2D eigenvalue weighted by Gasteiger charge is 2.21. The van der Waals surface area contributed by atoms with Gasteiger partial charge in [0.1, 0.15) is 12.7 Å².